The molecule has 16 heavy (non-hydrogen) atoms. The molecule has 4 nitrogen and oxygen atoms in total. The smallest absolute Gasteiger partial charge is 0.207 e. The van der Waals surface area contributed by atoms with Crippen molar-refractivity contribution < 1.29 is 8.42 Å². The molecule has 0 aliphatic carbocycles. The van der Waals surface area contributed by atoms with Gasteiger partial charge in [0.25, 0.3) is 0 Å². The number of rotatable bonds is 3. The lowest BCUT2D eigenvalue weighted by molar-refractivity contribution is 0.502. The van der Waals surface area contributed by atoms with Crippen molar-refractivity contribution in [2.24, 2.45) is 0 Å². The first-order valence-electron chi connectivity index (χ1n) is 4.18. The number of hydrogen-bond donors (Lipinski definition) is 0. The Morgan fingerprint density at radius 3 is 2.69 bits per heavy atom. The molecule has 0 radical (unpaired) electrons. The lowest BCUT2D eigenvalue weighted by Gasteiger charge is -2.14. The fourth-order valence-corrected chi connectivity index (χ4v) is 3.11. The van der Waals surface area contributed by atoms with E-state index in [9.17, 15) is 8.42 Å². The number of halogens is 2. The summed E-state index contributed by atoms with van der Waals surface area (Å²) in [6.45, 7) is -0.214. The van der Waals surface area contributed by atoms with E-state index in [0.29, 0.717) is 4.47 Å². The zero-order valence-corrected chi connectivity index (χ0v) is 11.5. The zero-order chi connectivity index (χ0) is 12.3. The SMILES string of the molecule is CN(CC#N)S(=O)(=O)c1ccc(Br)cc1Cl. The van der Waals surface area contributed by atoms with Gasteiger partial charge in [0.1, 0.15) is 11.4 Å². The molecule has 0 aliphatic rings. The Labute approximate surface area is 108 Å². The minimum Gasteiger partial charge on any atom is -0.207 e. The molecule has 0 N–H and O–H groups in total. The average molecular weight is 324 g/mol. The standard InChI is InChI=1S/C9H8BrClN2O2S/c1-13(5-4-12)16(14,15)9-3-2-7(10)6-8(9)11/h2-3,6H,5H2,1H3. The Bertz CT molecular complexity index is 539. The van der Waals surface area contributed by atoms with Crippen LogP contribution in [0.1, 0.15) is 0 Å². The molecule has 7 heteroatoms. The van der Waals surface area contributed by atoms with Crippen molar-refractivity contribution in [3.05, 3.63) is 27.7 Å². The maximum Gasteiger partial charge on any atom is 0.245 e. The highest BCUT2D eigenvalue weighted by Crippen LogP contribution is 2.26. The molecule has 0 spiro atoms. The molecule has 0 heterocycles. The highest BCUT2D eigenvalue weighted by atomic mass is 79.9. The summed E-state index contributed by atoms with van der Waals surface area (Å²) in [4.78, 5) is -0.00452. The van der Waals surface area contributed by atoms with Gasteiger partial charge in [-0.3, -0.25) is 0 Å². The minimum absolute atomic E-state index is 0.00452. The quantitative estimate of drug-likeness (QED) is 0.802. The fourth-order valence-electron chi connectivity index (χ4n) is 1.04. The molecule has 1 aromatic carbocycles. The Hall–Kier alpha value is -0.610. The Kier molecular flexibility index (Phi) is 4.33. The Morgan fingerprint density at radius 1 is 1.56 bits per heavy atom. The number of nitrogens with zero attached hydrogens (tertiary/aromatic N) is 2. The van der Waals surface area contributed by atoms with E-state index in [1.165, 1.54) is 19.2 Å². The van der Waals surface area contributed by atoms with E-state index in [2.05, 4.69) is 15.9 Å². The highest BCUT2D eigenvalue weighted by Gasteiger charge is 2.23. The third-order valence-corrected chi connectivity index (χ3v) is 4.66. The molecular formula is C9H8BrClN2O2S. The van der Waals surface area contributed by atoms with Gasteiger partial charge in [0.2, 0.25) is 10.0 Å². The van der Waals surface area contributed by atoms with Gasteiger partial charge >= 0.3 is 0 Å². The van der Waals surface area contributed by atoms with E-state index in [4.69, 9.17) is 16.9 Å². The first kappa shape index (κ1) is 13.5. The van der Waals surface area contributed by atoms with Crippen molar-refractivity contribution in [1.82, 2.24) is 4.31 Å². The first-order chi connectivity index (χ1) is 7.39. The van der Waals surface area contributed by atoms with Crippen LogP contribution in [-0.4, -0.2) is 26.3 Å². The second kappa shape index (κ2) is 5.15. The molecule has 0 unspecified atom stereocenters. The van der Waals surface area contributed by atoms with Gasteiger partial charge in [0, 0.05) is 11.5 Å². The molecule has 86 valence electrons. The fraction of sp³-hybridized carbons (Fsp3) is 0.222. The van der Waals surface area contributed by atoms with Gasteiger partial charge in [-0.1, -0.05) is 27.5 Å². The van der Waals surface area contributed by atoms with Gasteiger partial charge in [0.15, 0.2) is 0 Å². The van der Waals surface area contributed by atoms with Crippen molar-refractivity contribution in [1.29, 1.82) is 5.26 Å². The van der Waals surface area contributed by atoms with Crippen LogP contribution in [0.25, 0.3) is 0 Å². The molecule has 0 amide bonds. The predicted octanol–water partition coefficient (Wildman–Crippen LogP) is 2.25. The summed E-state index contributed by atoms with van der Waals surface area (Å²) in [5.74, 6) is 0. The third kappa shape index (κ3) is 2.74. The van der Waals surface area contributed by atoms with E-state index >= 15 is 0 Å². The highest BCUT2D eigenvalue weighted by molar-refractivity contribution is 9.10. The molecular weight excluding hydrogens is 316 g/mol. The molecule has 0 saturated heterocycles. The topological polar surface area (TPSA) is 61.2 Å². The van der Waals surface area contributed by atoms with Crippen LogP contribution in [0.4, 0.5) is 0 Å². The van der Waals surface area contributed by atoms with Gasteiger partial charge < -0.3 is 0 Å². The van der Waals surface area contributed by atoms with Gasteiger partial charge in [-0.25, -0.2) is 8.42 Å². The van der Waals surface area contributed by atoms with Gasteiger partial charge in [0.05, 0.1) is 11.1 Å². The van der Waals surface area contributed by atoms with E-state index in [1.54, 1.807) is 12.1 Å². The summed E-state index contributed by atoms with van der Waals surface area (Å²) < 4.78 is 25.5. The van der Waals surface area contributed by atoms with Crippen molar-refractivity contribution in [3.63, 3.8) is 0 Å². The molecule has 0 aromatic heterocycles. The Balaban J connectivity index is 3.23. The maximum atomic E-state index is 11.9. The molecule has 0 saturated carbocycles. The van der Waals surface area contributed by atoms with E-state index < -0.39 is 10.0 Å². The lowest BCUT2D eigenvalue weighted by Crippen LogP contribution is -2.27. The summed E-state index contributed by atoms with van der Waals surface area (Å²) in [7, 11) is -2.36. The van der Waals surface area contributed by atoms with Crippen LogP contribution in [0.3, 0.4) is 0 Å². The lowest BCUT2D eigenvalue weighted by atomic mass is 10.4. The molecule has 0 aliphatic heterocycles. The summed E-state index contributed by atoms with van der Waals surface area (Å²) >= 11 is 9.03. The monoisotopic (exact) mass is 322 g/mol. The van der Waals surface area contributed by atoms with E-state index in [0.717, 1.165) is 4.31 Å². The van der Waals surface area contributed by atoms with Crippen LogP contribution in [0.5, 0.6) is 0 Å². The normalized spacial score (nSPS) is 11.4. The number of nitriles is 1. The largest absolute Gasteiger partial charge is 0.245 e. The zero-order valence-electron chi connectivity index (χ0n) is 8.31. The number of benzene rings is 1. The molecule has 1 aromatic rings. The van der Waals surface area contributed by atoms with E-state index in [1.807, 2.05) is 0 Å². The molecule has 0 fully saturated rings. The third-order valence-electron chi connectivity index (χ3n) is 1.88. The van der Waals surface area contributed by atoms with Gasteiger partial charge in [-0.05, 0) is 18.2 Å². The summed E-state index contributed by atoms with van der Waals surface area (Å²) in [5, 5.41) is 8.59. The van der Waals surface area contributed by atoms with Crippen LogP contribution in [0, 0.1) is 11.3 Å². The minimum atomic E-state index is -3.69. The molecule has 1 rings (SSSR count). The molecule has 0 bridgehead atoms. The number of sulfonamides is 1. The second-order valence-corrected chi connectivity index (χ2v) is 6.33. The first-order valence-corrected chi connectivity index (χ1v) is 6.79. The van der Waals surface area contributed by atoms with Crippen molar-refractivity contribution in [2.45, 2.75) is 4.90 Å². The van der Waals surface area contributed by atoms with Crippen LogP contribution >= 0.6 is 27.5 Å². The average Bonchev–Trinajstić information content (AvgIpc) is 2.17. The number of hydrogen-bond acceptors (Lipinski definition) is 3. The van der Waals surface area contributed by atoms with Gasteiger partial charge in [-0.2, -0.15) is 9.57 Å². The maximum absolute atomic E-state index is 11.9. The van der Waals surface area contributed by atoms with E-state index in [-0.39, 0.29) is 16.5 Å². The Morgan fingerprint density at radius 2 is 2.19 bits per heavy atom. The van der Waals surface area contributed by atoms with Crippen LogP contribution in [0.15, 0.2) is 27.6 Å². The van der Waals surface area contributed by atoms with Crippen LogP contribution in [-0.2, 0) is 10.0 Å². The van der Waals surface area contributed by atoms with Gasteiger partial charge in [-0.15, -0.1) is 0 Å². The van der Waals surface area contributed by atoms with Crippen molar-refractivity contribution >= 4 is 37.6 Å². The van der Waals surface area contributed by atoms with Crippen LogP contribution in [0.2, 0.25) is 5.02 Å². The molecule has 0 atom stereocenters. The van der Waals surface area contributed by atoms with Crippen molar-refractivity contribution in [3.8, 4) is 6.07 Å². The predicted molar refractivity (Wildman–Crippen MR) is 64.6 cm³/mol. The van der Waals surface area contributed by atoms with Crippen LogP contribution < -0.4 is 0 Å². The second-order valence-electron chi connectivity index (χ2n) is 2.99. The summed E-state index contributed by atoms with van der Waals surface area (Å²) in [6, 6.07) is 6.24. The summed E-state index contributed by atoms with van der Waals surface area (Å²) in [5.41, 5.74) is 0. The van der Waals surface area contributed by atoms with Crippen molar-refractivity contribution in [2.75, 3.05) is 13.6 Å². The summed E-state index contributed by atoms with van der Waals surface area (Å²) in [6.07, 6.45) is 0.